The van der Waals surface area contributed by atoms with Crippen LogP contribution < -0.4 is 4.74 Å². The van der Waals surface area contributed by atoms with Gasteiger partial charge in [0.2, 0.25) is 0 Å². The highest BCUT2D eigenvalue weighted by atomic mass is 79.9. The summed E-state index contributed by atoms with van der Waals surface area (Å²) in [5.74, 6) is 1.60. The second kappa shape index (κ2) is 10.2. The molecule has 0 saturated heterocycles. The summed E-state index contributed by atoms with van der Waals surface area (Å²) in [5.41, 5.74) is 7.55. The molecule has 4 rings (SSSR count). The molecule has 0 saturated carbocycles. The van der Waals surface area contributed by atoms with Crippen molar-refractivity contribution >= 4 is 43.5 Å². The Balaban J connectivity index is 1.58. The summed E-state index contributed by atoms with van der Waals surface area (Å²) in [4.78, 5) is 0. The van der Waals surface area contributed by atoms with Crippen LogP contribution in [0.5, 0.6) is 5.75 Å². The zero-order valence-electron chi connectivity index (χ0n) is 18.1. The predicted molar refractivity (Wildman–Crippen MR) is 139 cm³/mol. The lowest BCUT2D eigenvalue weighted by atomic mass is 10.0. The molecule has 3 aromatic carbocycles. The van der Waals surface area contributed by atoms with Gasteiger partial charge in [-0.3, -0.25) is 0 Å². The fraction of sp³-hybridized carbons (Fsp3) is 0.286. The van der Waals surface area contributed by atoms with Crippen LogP contribution in [0.2, 0.25) is 0 Å². The lowest BCUT2D eigenvalue weighted by molar-refractivity contribution is 0.233. The van der Waals surface area contributed by atoms with Gasteiger partial charge in [-0.05, 0) is 88.2 Å². The van der Waals surface area contributed by atoms with Crippen molar-refractivity contribution in [2.45, 2.75) is 39.5 Å². The first-order valence-electron chi connectivity index (χ1n) is 11.1. The van der Waals surface area contributed by atoms with Crippen LogP contribution in [0.1, 0.15) is 56.2 Å². The summed E-state index contributed by atoms with van der Waals surface area (Å²) in [7, 11) is 0. The average molecular weight is 540 g/mol. The topological polar surface area (TPSA) is 9.23 Å². The third-order valence-corrected chi connectivity index (χ3v) is 7.04. The molecule has 160 valence electrons. The number of unbranched alkanes of at least 4 members (excludes halogenated alkanes) is 1. The summed E-state index contributed by atoms with van der Waals surface area (Å²) in [5, 5.41) is 0. The largest absolute Gasteiger partial charge is 0.493 e. The Morgan fingerprint density at radius 1 is 0.806 bits per heavy atom. The number of fused-ring (bicyclic) bond motifs is 3. The van der Waals surface area contributed by atoms with Crippen LogP contribution in [0.3, 0.4) is 0 Å². The minimum atomic E-state index is 0.644. The van der Waals surface area contributed by atoms with E-state index in [4.69, 9.17) is 4.74 Å². The maximum absolute atomic E-state index is 6.09. The van der Waals surface area contributed by atoms with Gasteiger partial charge < -0.3 is 4.74 Å². The van der Waals surface area contributed by atoms with Gasteiger partial charge in [-0.15, -0.1) is 0 Å². The van der Waals surface area contributed by atoms with Gasteiger partial charge in [0.15, 0.2) is 0 Å². The summed E-state index contributed by atoms with van der Waals surface area (Å²) >= 11 is 7.29. The number of hydrogen-bond donors (Lipinski definition) is 0. The van der Waals surface area contributed by atoms with Crippen molar-refractivity contribution in [2.75, 3.05) is 6.61 Å². The van der Waals surface area contributed by atoms with E-state index >= 15 is 0 Å². The quantitative estimate of drug-likeness (QED) is 0.216. The lowest BCUT2D eigenvalue weighted by Crippen LogP contribution is -2.11. The molecule has 0 aromatic heterocycles. The maximum Gasteiger partial charge on any atom is 0.119 e. The molecule has 0 radical (unpaired) electrons. The highest BCUT2D eigenvalue weighted by Gasteiger charge is 2.23. The van der Waals surface area contributed by atoms with Crippen LogP contribution in [0.25, 0.3) is 22.8 Å². The van der Waals surface area contributed by atoms with Gasteiger partial charge in [0.1, 0.15) is 5.75 Å². The zero-order chi connectivity index (χ0) is 21.8. The van der Waals surface area contributed by atoms with Crippen LogP contribution in [0, 0.1) is 5.92 Å². The van der Waals surface area contributed by atoms with Gasteiger partial charge in [0.25, 0.3) is 0 Å². The lowest BCUT2D eigenvalue weighted by Gasteiger charge is -2.15. The maximum atomic E-state index is 6.09. The first kappa shape index (κ1) is 22.4. The second-order valence-electron chi connectivity index (χ2n) is 8.23. The molecule has 1 nitrogen and oxygen atoms in total. The minimum absolute atomic E-state index is 0.644. The summed E-state index contributed by atoms with van der Waals surface area (Å²) in [6.45, 7) is 5.31. The van der Waals surface area contributed by atoms with E-state index in [-0.39, 0.29) is 0 Å². The first-order chi connectivity index (χ1) is 15.1. The molecule has 1 aliphatic carbocycles. The van der Waals surface area contributed by atoms with Crippen LogP contribution in [0.15, 0.2) is 69.6 Å². The molecule has 3 aromatic rings. The van der Waals surface area contributed by atoms with Crippen molar-refractivity contribution in [3.63, 3.8) is 0 Å². The minimum Gasteiger partial charge on any atom is -0.493 e. The smallest absolute Gasteiger partial charge is 0.119 e. The molecule has 0 aliphatic heterocycles. The Labute approximate surface area is 202 Å². The molecule has 0 spiro atoms. The number of halogens is 2. The van der Waals surface area contributed by atoms with Gasteiger partial charge in [-0.1, -0.05) is 89.2 Å². The molecule has 0 N–H and O–H groups in total. The van der Waals surface area contributed by atoms with Crippen LogP contribution in [0.4, 0.5) is 0 Å². The Morgan fingerprint density at radius 3 is 1.97 bits per heavy atom. The third-order valence-electron chi connectivity index (χ3n) is 6.05. The average Bonchev–Trinajstić information content (AvgIpc) is 3.07. The first-order valence-corrected chi connectivity index (χ1v) is 12.7. The SMILES string of the molecule is CCCCC(CC)COc1ccc(C=C2c3cc(Br)ccc3-c3ccc(Br)cc32)cc1. The monoisotopic (exact) mass is 538 g/mol. The van der Waals surface area contributed by atoms with Crippen molar-refractivity contribution in [3.05, 3.63) is 86.3 Å². The highest BCUT2D eigenvalue weighted by molar-refractivity contribution is 9.10. The van der Waals surface area contributed by atoms with E-state index in [1.54, 1.807) is 0 Å². The van der Waals surface area contributed by atoms with E-state index in [9.17, 15) is 0 Å². The summed E-state index contributed by atoms with van der Waals surface area (Å²) in [6, 6.07) is 21.6. The van der Waals surface area contributed by atoms with E-state index in [0.29, 0.717) is 5.92 Å². The van der Waals surface area contributed by atoms with Crippen molar-refractivity contribution < 1.29 is 4.74 Å². The van der Waals surface area contributed by atoms with E-state index in [0.717, 1.165) is 21.3 Å². The van der Waals surface area contributed by atoms with E-state index in [1.807, 2.05) is 0 Å². The summed E-state index contributed by atoms with van der Waals surface area (Å²) < 4.78 is 8.29. The van der Waals surface area contributed by atoms with Crippen LogP contribution in [-0.4, -0.2) is 6.61 Å². The van der Waals surface area contributed by atoms with Gasteiger partial charge in [-0.25, -0.2) is 0 Å². The Morgan fingerprint density at radius 2 is 1.42 bits per heavy atom. The number of rotatable bonds is 8. The van der Waals surface area contributed by atoms with Crippen molar-refractivity contribution in [3.8, 4) is 16.9 Å². The number of ether oxygens (including phenoxy) is 1. The third kappa shape index (κ3) is 5.15. The van der Waals surface area contributed by atoms with Crippen molar-refractivity contribution in [1.82, 2.24) is 0 Å². The molecular formula is C28H28Br2O. The molecule has 1 atom stereocenters. The molecule has 0 heterocycles. The molecule has 1 aliphatic rings. The van der Waals surface area contributed by atoms with Gasteiger partial charge in [0.05, 0.1) is 6.61 Å². The second-order valence-corrected chi connectivity index (χ2v) is 10.1. The zero-order valence-corrected chi connectivity index (χ0v) is 21.3. The van der Waals surface area contributed by atoms with Gasteiger partial charge in [0, 0.05) is 8.95 Å². The summed E-state index contributed by atoms with van der Waals surface area (Å²) in [6.07, 6.45) is 7.24. The molecule has 31 heavy (non-hydrogen) atoms. The molecule has 3 heteroatoms. The standard InChI is InChI=1S/C28H28Br2O/c1-3-5-6-19(4-2)18-31-23-11-7-20(8-12-23)15-26-27-16-21(29)9-13-24(27)25-14-10-22(30)17-28(25)26/h7-17,19H,3-6,18H2,1-2H3. The number of benzene rings is 3. The predicted octanol–water partition coefficient (Wildman–Crippen LogP) is 9.38. The number of hydrogen-bond acceptors (Lipinski definition) is 1. The molecule has 0 bridgehead atoms. The van der Waals surface area contributed by atoms with E-state index in [1.165, 1.54) is 59.1 Å². The van der Waals surface area contributed by atoms with E-state index in [2.05, 4.69) is 112 Å². The Kier molecular flexibility index (Phi) is 7.35. The fourth-order valence-corrected chi connectivity index (χ4v) is 4.91. The van der Waals surface area contributed by atoms with E-state index < -0.39 is 0 Å². The molecule has 0 fully saturated rings. The fourth-order valence-electron chi connectivity index (χ4n) is 4.19. The Hall–Kier alpha value is -1.84. The Bertz CT molecular complexity index is 1030. The highest BCUT2D eigenvalue weighted by Crippen LogP contribution is 2.46. The molecular weight excluding hydrogens is 512 g/mol. The van der Waals surface area contributed by atoms with Crippen molar-refractivity contribution in [1.29, 1.82) is 0 Å². The van der Waals surface area contributed by atoms with Crippen LogP contribution in [-0.2, 0) is 0 Å². The molecule has 1 unspecified atom stereocenters. The molecule has 0 amide bonds. The van der Waals surface area contributed by atoms with Crippen LogP contribution >= 0.6 is 31.9 Å². The van der Waals surface area contributed by atoms with Gasteiger partial charge in [-0.2, -0.15) is 0 Å². The normalized spacial score (nSPS) is 13.0. The van der Waals surface area contributed by atoms with Crippen molar-refractivity contribution in [2.24, 2.45) is 5.92 Å². The van der Waals surface area contributed by atoms with Gasteiger partial charge >= 0.3 is 0 Å².